The van der Waals surface area contributed by atoms with Crippen LogP contribution >= 0.6 is 0 Å². The monoisotopic (exact) mass is 318 g/mol. The average Bonchev–Trinajstić information content (AvgIpc) is 2.63. The molecule has 0 aliphatic rings. The van der Waals surface area contributed by atoms with Crippen molar-refractivity contribution in [3.8, 4) is 0 Å². The molecule has 0 fully saturated rings. The van der Waals surface area contributed by atoms with Gasteiger partial charge in [0.25, 0.3) is 0 Å². The molecule has 0 spiro atoms. The molecule has 5 nitrogen and oxygen atoms in total. The number of para-hydroxylation sites is 2. The standard InChI is InChI=1S/C19H18N4O/c1-23(17-10-6-3-7-11-17)18-13-12-16(14-20-18)22-19(24)21-15-8-4-2-5-9-15/h2-14H,1H3,(H2,21,22,24). The van der Waals surface area contributed by atoms with Crippen LogP contribution in [0, 0.1) is 0 Å². The van der Waals surface area contributed by atoms with Crippen LogP contribution < -0.4 is 15.5 Å². The highest BCUT2D eigenvalue weighted by atomic mass is 16.2. The van der Waals surface area contributed by atoms with Crippen LogP contribution in [0.25, 0.3) is 0 Å². The molecule has 0 aliphatic heterocycles. The summed E-state index contributed by atoms with van der Waals surface area (Å²) in [5.41, 5.74) is 2.42. The summed E-state index contributed by atoms with van der Waals surface area (Å²) in [5.74, 6) is 0.801. The first-order valence-corrected chi connectivity index (χ1v) is 7.60. The van der Waals surface area contributed by atoms with Gasteiger partial charge in [-0.15, -0.1) is 0 Å². The Labute approximate surface area is 141 Å². The van der Waals surface area contributed by atoms with E-state index in [9.17, 15) is 4.79 Å². The smallest absolute Gasteiger partial charge is 0.323 e. The molecule has 2 N–H and O–H groups in total. The second-order valence-electron chi connectivity index (χ2n) is 5.24. The van der Waals surface area contributed by atoms with Crippen molar-refractivity contribution in [2.45, 2.75) is 0 Å². The molecule has 2 aromatic carbocycles. The van der Waals surface area contributed by atoms with Gasteiger partial charge in [0.2, 0.25) is 0 Å². The third-order valence-electron chi connectivity index (χ3n) is 3.52. The highest BCUT2D eigenvalue weighted by molar-refractivity contribution is 5.99. The van der Waals surface area contributed by atoms with Crippen molar-refractivity contribution in [3.05, 3.63) is 79.0 Å². The third kappa shape index (κ3) is 3.89. The Morgan fingerprint density at radius 1 is 0.833 bits per heavy atom. The molecule has 120 valence electrons. The van der Waals surface area contributed by atoms with Gasteiger partial charge in [0.1, 0.15) is 5.82 Å². The summed E-state index contributed by atoms with van der Waals surface area (Å²) in [7, 11) is 1.95. The lowest BCUT2D eigenvalue weighted by Gasteiger charge is -2.18. The average molecular weight is 318 g/mol. The van der Waals surface area contributed by atoms with E-state index >= 15 is 0 Å². The van der Waals surface area contributed by atoms with Crippen LogP contribution in [0.2, 0.25) is 0 Å². The normalized spacial score (nSPS) is 10.0. The molecule has 2 amide bonds. The van der Waals surface area contributed by atoms with Crippen LogP contribution in [0.3, 0.4) is 0 Å². The van der Waals surface area contributed by atoms with Crippen LogP contribution in [0.5, 0.6) is 0 Å². The lowest BCUT2D eigenvalue weighted by molar-refractivity contribution is 0.262. The van der Waals surface area contributed by atoms with Crippen molar-refractivity contribution in [1.82, 2.24) is 4.98 Å². The first-order valence-electron chi connectivity index (χ1n) is 7.60. The maximum absolute atomic E-state index is 12.0. The number of benzene rings is 2. The SMILES string of the molecule is CN(c1ccccc1)c1ccc(NC(=O)Nc2ccccc2)cn1. The molecule has 1 aromatic heterocycles. The number of nitrogens with zero attached hydrogens (tertiary/aromatic N) is 2. The van der Waals surface area contributed by atoms with Gasteiger partial charge in [-0.05, 0) is 36.4 Å². The van der Waals surface area contributed by atoms with Gasteiger partial charge in [-0.25, -0.2) is 9.78 Å². The lowest BCUT2D eigenvalue weighted by Crippen LogP contribution is -2.19. The maximum atomic E-state index is 12.0. The van der Waals surface area contributed by atoms with Crippen LogP contribution in [0.1, 0.15) is 0 Å². The number of anilines is 4. The minimum atomic E-state index is -0.299. The van der Waals surface area contributed by atoms with Crippen LogP contribution in [-0.4, -0.2) is 18.1 Å². The molecule has 0 bridgehead atoms. The number of hydrogen-bond donors (Lipinski definition) is 2. The highest BCUT2D eigenvalue weighted by Gasteiger charge is 2.06. The molecule has 3 aromatic rings. The van der Waals surface area contributed by atoms with Crippen molar-refractivity contribution < 1.29 is 4.79 Å². The summed E-state index contributed by atoms with van der Waals surface area (Å²) in [6, 6.07) is 22.7. The van der Waals surface area contributed by atoms with Gasteiger partial charge in [0, 0.05) is 18.4 Å². The topological polar surface area (TPSA) is 57.3 Å². The van der Waals surface area contributed by atoms with Crippen LogP contribution in [-0.2, 0) is 0 Å². The molecular weight excluding hydrogens is 300 g/mol. The minimum Gasteiger partial charge on any atom is -0.329 e. The number of hydrogen-bond acceptors (Lipinski definition) is 3. The number of urea groups is 1. The van der Waals surface area contributed by atoms with E-state index in [4.69, 9.17) is 0 Å². The van der Waals surface area contributed by atoms with Crippen molar-refractivity contribution >= 4 is 28.9 Å². The largest absolute Gasteiger partial charge is 0.329 e. The summed E-state index contributed by atoms with van der Waals surface area (Å²) in [4.78, 5) is 18.3. The van der Waals surface area contributed by atoms with Gasteiger partial charge >= 0.3 is 6.03 Å². The summed E-state index contributed by atoms with van der Waals surface area (Å²) >= 11 is 0. The van der Waals surface area contributed by atoms with E-state index < -0.39 is 0 Å². The predicted octanol–water partition coefficient (Wildman–Crippen LogP) is 4.49. The molecule has 0 aliphatic carbocycles. The fourth-order valence-corrected chi connectivity index (χ4v) is 2.26. The summed E-state index contributed by atoms with van der Waals surface area (Å²) in [5, 5.41) is 5.53. The molecule has 0 radical (unpaired) electrons. The second kappa shape index (κ2) is 7.28. The van der Waals surface area contributed by atoms with Crippen molar-refractivity contribution in [2.24, 2.45) is 0 Å². The van der Waals surface area contributed by atoms with Crippen molar-refractivity contribution in [1.29, 1.82) is 0 Å². The molecule has 0 unspecified atom stereocenters. The van der Waals surface area contributed by atoms with E-state index in [2.05, 4.69) is 15.6 Å². The van der Waals surface area contributed by atoms with E-state index in [0.717, 1.165) is 17.2 Å². The number of carbonyl (C=O) groups excluding carboxylic acids is 1. The maximum Gasteiger partial charge on any atom is 0.323 e. The van der Waals surface area contributed by atoms with Crippen LogP contribution in [0.15, 0.2) is 79.0 Å². The zero-order chi connectivity index (χ0) is 16.8. The summed E-state index contributed by atoms with van der Waals surface area (Å²) < 4.78 is 0. The Morgan fingerprint density at radius 3 is 2.08 bits per heavy atom. The minimum absolute atomic E-state index is 0.299. The zero-order valence-corrected chi connectivity index (χ0v) is 13.3. The Hall–Kier alpha value is -3.34. The molecule has 0 saturated carbocycles. The quantitative estimate of drug-likeness (QED) is 0.745. The number of nitrogens with one attached hydrogen (secondary N) is 2. The van der Waals surface area contributed by atoms with Crippen molar-refractivity contribution in [3.63, 3.8) is 0 Å². The van der Waals surface area contributed by atoms with Gasteiger partial charge in [0.15, 0.2) is 0 Å². The first-order chi connectivity index (χ1) is 11.7. The Kier molecular flexibility index (Phi) is 4.72. The Bertz CT molecular complexity index is 789. The Balaban J connectivity index is 1.63. The number of aromatic nitrogens is 1. The number of pyridine rings is 1. The first kappa shape index (κ1) is 15.6. The lowest BCUT2D eigenvalue weighted by atomic mass is 10.3. The number of carbonyl (C=O) groups is 1. The predicted molar refractivity (Wildman–Crippen MR) is 97.8 cm³/mol. The molecule has 0 atom stereocenters. The van der Waals surface area contributed by atoms with Gasteiger partial charge < -0.3 is 15.5 Å². The number of rotatable bonds is 4. The third-order valence-corrected chi connectivity index (χ3v) is 3.52. The number of amides is 2. The molecule has 24 heavy (non-hydrogen) atoms. The van der Waals surface area contributed by atoms with Gasteiger partial charge in [-0.2, -0.15) is 0 Å². The molecular formula is C19H18N4O. The van der Waals surface area contributed by atoms with Crippen LogP contribution in [0.4, 0.5) is 27.7 Å². The van der Waals surface area contributed by atoms with Crippen molar-refractivity contribution in [2.75, 3.05) is 22.6 Å². The summed E-state index contributed by atoms with van der Waals surface area (Å²) in [6.07, 6.45) is 1.64. The van der Waals surface area contributed by atoms with E-state index in [1.54, 1.807) is 6.20 Å². The van der Waals surface area contributed by atoms with E-state index in [1.807, 2.05) is 84.7 Å². The molecule has 3 rings (SSSR count). The van der Waals surface area contributed by atoms with E-state index in [1.165, 1.54) is 0 Å². The van der Waals surface area contributed by atoms with E-state index in [-0.39, 0.29) is 6.03 Å². The Morgan fingerprint density at radius 2 is 1.46 bits per heavy atom. The second-order valence-corrected chi connectivity index (χ2v) is 5.24. The zero-order valence-electron chi connectivity index (χ0n) is 13.3. The highest BCUT2D eigenvalue weighted by Crippen LogP contribution is 2.22. The van der Waals surface area contributed by atoms with Gasteiger partial charge in [-0.1, -0.05) is 36.4 Å². The molecule has 1 heterocycles. The fraction of sp³-hybridized carbons (Fsp3) is 0.0526. The van der Waals surface area contributed by atoms with Gasteiger partial charge in [0.05, 0.1) is 11.9 Å². The molecule has 0 saturated heterocycles. The van der Waals surface area contributed by atoms with E-state index in [0.29, 0.717) is 5.69 Å². The fourth-order valence-electron chi connectivity index (χ4n) is 2.26. The molecule has 5 heteroatoms. The summed E-state index contributed by atoms with van der Waals surface area (Å²) in [6.45, 7) is 0. The van der Waals surface area contributed by atoms with Gasteiger partial charge in [-0.3, -0.25) is 0 Å².